The van der Waals surface area contributed by atoms with Crippen LogP contribution < -0.4 is 5.56 Å². The van der Waals surface area contributed by atoms with Crippen LogP contribution in [-0.2, 0) is 18.7 Å². The summed E-state index contributed by atoms with van der Waals surface area (Å²) >= 11 is 1.39. The molecular formula is C18H16N4O3S. The Morgan fingerprint density at radius 3 is 2.81 bits per heavy atom. The average Bonchev–Trinajstić information content (AvgIpc) is 3.34. The highest BCUT2D eigenvalue weighted by Crippen LogP contribution is 2.22. The number of aryl methyl sites for hydroxylation is 1. The molecule has 1 aromatic carbocycles. The van der Waals surface area contributed by atoms with E-state index in [1.165, 1.54) is 11.8 Å². The minimum Gasteiger partial charge on any atom is -0.467 e. The van der Waals surface area contributed by atoms with Gasteiger partial charge in [-0.2, -0.15) is 4.98 Å². The summed E-state index contributed by atoms with van der Waals surface area (Å²) in [5, 5.41) is 5.06. The zero-order valence-corrected chi connectivity index (χ0v) is 14.9. The number of nitrogens with zero attached hydrogens (tertiary/aromatic N) is 4. The van der Waals surface area contributed by atoms with E-state index in [2.05, 4.69) is 15.1 Å². The van der Waals surface area contributed by atoms with Crippen molar-refractivity contribution in [3.05, 3.63) is 70.5 Å². The van der Waals surface area contributed by atoms with Crippen molar-refractivity contribution in [2.24, 2.45) is 0 Å². The molecule has 0 unspecified atom stereocenters. The number of furan rings is 1. The summed E-state index contributed by atoms with van der Waals surface area (Å²) in [4.78, 5) is 21.9. The predicted molar refractivity (Wildman–Crippen MR) is 97.1 cm³/mol. The number of fused-ring (bicyclic) bond motifs is 1. The lowest BCUT2D eigenvalue weighted by Gasteiger charge is -2.11. The molecule has 0 aliphatic heterocycles. The highest BCUT2D eigenvalue weighted by molar-refractivity contribution is 7.98. The second-order valence-electron chi connectivity index (χ2n) is 5.63. The molecule has 0 N–H and O–H groups in total. The van der Waals surface area contributed by atoms with E-state index in [9.17, 15) is 4.79 Å². The van der Waals surface area contributed by atoms with Crippen molar-refractivity contribution in [2.45, 2.75) is 30.8 Å². The Balaban J connectivity index is 1.71. The van der Waals surface area contributed by atoms with E-state index >= 15 is 0 Å². The van der Waals surface area contributed by atoms with Crippen LogP contribution in [0.3, 0.4) is 0 Å². The second-order valence-corrected chi connectivity index (χ2v) is 6.57. The zero-order chi connectivity index (χ0) is 17.9. The minimum atomic E-state index is -0.103. The van der Waals surface area contributed by atoms with Crippen molar-refractivity contribution in [2.75, 3.05) is 0 Å². The van der Waals surface area contributed by atoms with E-state index in [1.807, 2.05) is 31.2 Å². The van der Waals surface area contributed by atoms with Gasteiger partial charge in [-0.05, 0) is 24.3 Å². The lowest BCUT2D eigenvalue weighted by Crippen LogP contribution is -2.23. The summed E-state index contributed by atoms with van der Waals surface area (Å²) in [5.41, 5.74) is 0.560. The quantitative estimate of drug-likeness (QED) is 0.381. The lowest BCUT2D eigenvalue weighted by atomic mass is 10.2. The highest BCUT2D eigenvalue weighted by atomic mass is 32.2. The van der Waals surface area contributed by atoms with Crippen LogP contribution in [0.2, 0.25) is 0 Å². The number of hydrogen-bond acceptors (Lipinski definition) is 7. The molecule has 7 nitrogen and oxygen atoms in total. The summed E-state index contributed by atoms with van der Waals surface area (Å²) in [7, 11) is 0. The van der Waals surface area contributed by atoms with E-state index < -0.39 is 0 Å². The Hall–Kier alpha value is -2.87. The molecule has 8 heteroatoms. The molecule has 0 bridgehead atoms. The van der Waals surface area contributed by atoms with Crippen LogP contribution in [0.15, 0.2) is 61.6 Å². The molecule has 0 aliphatic carbocycles. The third kappa shape index (κ3) is 3.28. The molecule has 3 aromatic heterocycles. The number of thioether (sulfide) groups is 1. The summed E-state index contributed by atoms with van der Waals surface area (Å²) in [6.45, 7) is 2.28. The summed E-state index contributed by atoms with van der Waals surface area (Å²) < 4.78 is 12.2. The van der Waals surface area contributed by atoms with Crippen molar-refractivity contribution < 1.29 is 8.94 Å². The highest BCUT2D eigenvalue weighted by Gasteiger charge is 2.14. The van der Waals surface area contributed by atoms with E-state index in [0.717, 1.165) is 0 Å². The molecule has 132 valence electrons. The normalized spacial score (nSPS) is 11.3. The first-order valence-electron chi connectivity index (χ1n) is 8.21. The summed E-state index contributed by atoms with van der Waals surface area (Å²) in [6, 6.07) is 10.9. The van der Waals surface area contributed by atoms with Crippen molar-refractivity contribution in [1.82, 2.24) is 19.7 Å². The molecule has 0 saturated heterocycles. The zero-order valence-electron chi connectivity index (χ0n) is 14.1. The minimum absolute atomic E-state index is 0.103. The molecule has 0 saturated carbocycles. The molecule has 0 aliphatic rings. The third-order valence-corrected chi connectivity index (χ3v) is 4.83. The van der Waals surface area contributed by atoms with E-state index in [0.29, 0.717) is 52.3 Å². The van der Waals surface area contributed by atoms with Crippen LogP contribution in [0, 0.1) is 0 Å². The van der Waals surface area contributed by atoms with Crippen molar-refractivity contribution in [1.29, 1.82) is 0 Å². The summed E-state index contributed by atoms with van der Waals surface area (Å²) in [6.07, 6.45) is 2.30. The largest absolute Gasteiger partial charge is 0.467 e. The fraction of sp³-hybridized carbons (Fsp3) is 0.222. The number of benzene rings is 1. The number of rotatable bonds is 6. The standard InChI is InChI=1S/C18H16N4O3S/c1-2-15-20-16(25-21-15)11-26-18-19-14-8-4-3-7-13(14)17(23)22(18)10-12-6-5-9-24-12/h3-9H,2,10-11H2,1H3. The molecule has 0 amide bonds. The van der Waals surface area contributed by atoms with Crippen LogP contribution in [0.1, 0.15) is 24.4 Å². The monoisotopic (exact) mass is 368 g/mol. The van der Waals surface area contributed by atoms with Gasteiger partial charge >= 0.3 is 0 Å². The van der Waals surface area contributed by atoms with Gasteiger partial charge in [0.05, 0.1) is 29.5 Å². The molecule has 0 spiro atoms. The van der Waals surface area contributed by atoms with Crippen molar-refractivity contribution in [3.63, 3.8) is 0 Å². The fourth-order valence-electron chi connectivity index (χ4n) is 2.57. The number of para-hydroxylation sites is 1. The maximum atomic E-state index is 13.0. The predicted octanol–water partition coefficient (Wildman–Crippen LogP) is 3.28. The Morgan fingerprint density at radius 1 is 1.15 bits per heavy atom. The maximum Gasteiger partial charge on any atom is 0.262 e. The molecule has 4 rings (SSSR count). The van der Waals surface area contributed by atoms with Gasteiger partial charge < -0.3 is 8.94 Å². The fourth-order valence-corrected chi connectivity index (χ4v) is 3.41. The van der Waals surface area contributed by atoms with Gasteiger partial charge in [0, 0.05) is 6.42 Å². The molecular weight excluding hydrogens is 352 g/mol. The third-order valence-electron chi connectivity index (χ3n) is 3.87. The van der Waals surface area contributed by atoms with Gasteiger partial charge in [-0.15, -0.1) is 0 Å². The van der Waals surface area contributed by atoms with Gasteiger partial charge in [-0.25, -0.2) is 4.98 Å². The Morgan fingerprint density at radius 2 is 2.04 bits per heavy atom. The van der Waals surface area contributed by atoms with Crippen LogP contribution in [-0.4, -0.2) is 19.7 Å². The van der Waals surface area contributed by atoms with Gasteiger partial charge in [0.25, 0.3) is 5.56 Å². The first-order valence-corrected chi connectivity index (χ1v) is 9.19. The van der Waals surface area contributed by atoms with Gasteiger partial charge in [-0.3, -0.25) is 9.36 Å². The maximum absolute atomic E-state index is 13.0. The molecule has 0 fully saturated rings. The topological polar surface area (TPSA) is 87.0 Å². The second kappa shape index (κ2) is 7.17. The van der Waals surface area contributed by atoms with Crippen LogP contribution in [0.5, 0.6) is 0 Å². The Kier molecular flexibility index (Phi) is 4.57. The first-order chi connectivity index (χ1) is 12.7. The van der Waals surface area contributed by atoms with Crippen molar-refractivity contribution >= 4 is 22.7 Å². The van der Waals surface area contributed by atoms with E-state index in [-0.39, 0.29) is 5.56 Å². The van der Waals surface area contributed by atoms with Crippen LogP contribution in [0.25, 0.3) is 10.9 Å². The van der Waals surface area contributed by atoms with Gasteiger partial charge in [0.15, 0.2) is 11.0 Å². The number of hydrogen-bond donors (Lipinski definition) is 0. The number of aromatic nitrogens is 4. The van der Waals surface area contributed by atoms with Gasteiger partial charge in [0.2, 0.25) is 5.89 Å². The Bertz CT molecular complexity index is 1090. The molecule has 0 atom stereocenters. The van der Waals surface area contributed by atoms with Crippen molar-refractivity contribution in [3.8, 4) is 0 Å². The first kappa shape index (κ1) is 16.6. The SMILES string of the molecule is CCc1noc(CSc2nc3ccccc3c(=O)n2Cc2ccco2)n1. The summed E-state index contributed by atoms with van der Waals surface area (Å²) in [5.74, 6) is 2.31. The Labute approximate surface area is 153 Å². The average molecular weight is 368 g/mol. The smallest absolute Gasteiger partial charge is 0.262 e. The molecule has 0 radical (unpaired) electrons. The van der Waals surface area contributed by atoms with Crippen LogP contribution in [0.4, 0.5) is 0 Å². The molecule has 26 heavy (non-hydrogen) atoms. The van der Waals surface area contributed by atoms with Crippen LogP contribution >= 0.6 is 11.8 Å². The van der Waals surface area contributed by atoms with Gasteiger partial charge in [0.1, 0.15) is 5.76 Å². The molecule has 3 heterocycles. The van der Waals surface area contributed by atoms with E-state index in [1.54, 1.807) is 23.0 Å². The van der Waals surface area contributed by atoms with E-state index in [4.69, 9.17) is 8.94 Å². The van der Waals surface area contributed by atoms with Gasteiger partial charge in [-0.1, -0.05) is 36.0 Å². The molecule has 4 aromatic rings. The lowest BCUT2D eigenvalue weighted by molar-refractivity contribution is 0.385.